The second-order valence-corrected chi connectivity index (χ2v) is 5.80. The van der Waals surface area contributed by atoms with Crippen LogP contribution < -0.4 is 0 Å². The van der Waals surface area contributed by atoms with E-state index in [1.807, 2.05) is 72.8 Å². The van der Waals surface area contributed by atoms with Crippen LogP contribution in [0, 0.1) is 0 Å². The van der Waals surface area contributed by atoms with Crippen LogP contribution in [0.15, 0.2) is 84.0 Å². The second-order valence-electron chi connectivity index (χ2n) is 5.80. The number of carbonyl (C=O) groups is 1. The molecule has 0 bridgehead atoms. The molecule has 0 saturated heterocycles. The van der Waals surface area contributed by atoms with Crippen molar-refractivity contribution in [2.24, 2.45) is 4.99 Å². The van der Waals surface area contributed by atoms with Gasteiger partial charge in [-0.3, -0.25) is 14.8 Å². The second kappa shape index (κ2) is 5.98. The van der Waals surface area contributed by atoms with Gasteiger partial charge in [0.05, 0.1) is 24.2 Å². The first-order valence-electron chi connectivity index (χ1n) is 8.02. The summed E-state index contributed by atoms with van der Waals surface area (Å²) in [5.41, 5.74) is 2.49. The third-order valence-electron chi connectivity index (χ3n) is 4.48. The van der Waals surface area contributed by atoms with Gasteiger partial charge < -0.3 is 4.74 Å². The highest BCUT2D eigenvalue weighted by atomic mass is 16.5. The Morgan fingerprint density at radius 3 is 2.36 bits per heavy atom. The van der Waals surface area contributed by atoms with Gasteiger partial charge in [0.1, 0.15) is 0 Å². The van der Waals surface area contributed by atoms with Crippen LogP contribution in [-0.4, -0.2) is 23.8 Å². The molecule has 1 aliphatic rings. The van der Waals surface area contributed by atoms with Crippen LogP contribution in [0.1, 0.15) is 16.8 Å². The molecule has 25 heavy (non-hydrogen) atoms. The summed E-state index contributed by atoms with van der Waals surface area (Å²) in [5.74, 6) is -0.390. The van der Waals surface area contributed by atoms with E-state index in [1.165, 1.54) is 7.11 Å². The lowest BCUT2D eigenvalue weighted by Crippen LogP contribution is -2.44. The first-order chi connectivity index (χ1) is 12.3. The third-order valence-corrected chi connectivity index (χ3v) is 4.48. The van der Waals surface area contributed by atoms with Gasteiger partial charge in [0.2, 0.25) is 0 Å². The fourth-order valence-corrected chi connectivity index (χ4v) is 3.41. The molecular weight excluding hydrogens is 312 g/mol. The van der Waals surface area contributed by atoms with E-state index in [1.54, 1.807) is 6.20 Å². The van der Waals surface area contributed by atoms with Crippen molar-refractivity contribution in [3.63, 3.8) is 0 Å². The molecule has 2 aromatic carbocycles. The van der Waals surface area contributed by atoms with Crippen LogP contribution in [0.25, 0.3) is 0 Å². The summed E-state index contributed by atoms with van der Waals surface area (Å²) >= 11 is 0. The first kappa shape index (κ1) is 15.3. The Morgan fingerprint density at radius 1 is 0.920 bits per heavy atom. The summed E-state index contributed by atoms with van der Waals surface area (Å²) < 4.78 is 5.24. The number of hydrogen-bond acceptors (Lipinski definition) is 4. The monoisotopic (exact) mass is 328 g/mol. The number of aliphatic imine (C=N–C) groups is 1. The molecule has 4 heteroatoms. The summed E-state index contributed by atoms with van der Waals surface area (Å²) in [6, 6.07) is 22.9. The van der Waals surface area contributed by atoms with Gasteiger partial charge in [0, 0.05) is 11.8 Å². The number of esters is 1. The highest BCUT2D eigenvalue weighted by Gasteiger charge is 2.54. The predicted molar refractivity (Wildman–Crippen MR) is 96.1 cm³/mol. The van der Waals surface area contributed by atoms with Gasteiger partial charge in [0.25, 0.3) is 0 Å². The van der Waals surface area contributed by atoms with Crippen LogP contribution in [0.3, 0.4) is 0 Å². The quantitative estimate of drug-likeness (QED) is 0.689. The maximum absolute atomic E-state index is 13.1. The van der Waals surface area contributed by atoms with Gasteiger partial charge in [-0.15, -0.1) is 0 Å². The van der Waals surface area contributed by atoms with E-state index in [-0.39, 0.29) is 0 Å². The van der Waals surface area contributed by atoms with Gasteiger partial charge >= 0.3 is 5.97 Å². The minimum atomic E-state index is -1.17. The van der Waals surface area contributed by atoms with Gasteiger partial charge in [-0.05, 0) is 23.8 Å². The van der Waals surface area contributed by atoms with Crippen molar-refractivity contribution in [2.45, 2.75) is 5.41 Å². The van der Waals surface area contributed by atoms with E-state index in [2.05, 4.69) is 4.98 Å². The van der Waals surface area contributed by atoms with E-state index in [0.717, 1.165) is 16.8 Å². The molecule has 1 aliphatic heterocycles. The number of ether oxygens (including phenoxy) is 1. The summed E-state index contributed by atoms with van der Waals surface area (Å²) in [7, 11) is 1.40. The summed E-state index contributed by atoms with van der Waals surface area (Å²) in [6.45, 7) is 0. The minimum absolute atomic E-state index is 0.390. The number of hydrogen-bond donors (Lipinski definition) is 0. The molecule has 0 aliphatic carbocycles. The molecular formula is C21H16N2O2. The molecule has 1 unspecified atom stereocenters. The number of nitrogens with zero attached hydrogens (tertiary/aromatic N) is 2. The Bertz CT molecular complexity index is 952. The summed E-state index contributed by atoms with van der Waals surface area (Å²) in [5, 5.41) is 0. The van der Waals surface area contributed by atoms with Crippen molar-refractivity contribution < 1.29 is 9.53 Å². The van der Waals surface area contributed by atoms with Crippen molar-refractivity contribution >= 4 is 17.4 Å². The summed E-state index contributed by atoms with van der Waals surface area (Å²) in [4.78, 5) is 22.4. The molecule has 122 valence electrons. The molecule has 4 nitrogen and oxygen atoms in total. The van der Waals surface area contributed by atoms with E-state index < -0.39 is 11.4 Å². The molecule has 1 aromatic heterocycles. The molecule has 1 atom stereocenters. The lowest BCUT2D eigenvalue weighted by atomic mass is 9.72. The van der Waals surface area contributed by atoms with Crippen molar-refractivity contribution in [1.29, 1.82) is 0 Å². The first-order valence-corrected chi connectivity index (χ1v) is 8.02. The SMILES string of the molecule is COC(=O)C1(c2ccccn2)C(c2ccccc2)=Nc2ccccc21. The molecule has 0 saturated carbocycles. The number of fused-ring (bicyclic) bond motifs is 1. The van der Waals surface area contributed by atoms with Crippen molar-refractivity contribution in [3.05, 3.63) is 95.8 Å². The number of pyridine rings is 1. The van der Waals surface area contributed by atoms with E-state index in [0.29, 0.717) is 11.4 Å². The van der Waals surface area contributed by atoms with Crippen molar-refractivity contribution in [1.82, 2.24) is 4.98 Å². The number of carbonyl (C=O) groups excluding carboxylic acids is 1. The zero-order valence-electron chi connectivity index (χ0n) is 13.7. The molecule has 0 fully saturated rings. The van der Waals surface area contributed by atoms with Crippen LogP contribution in [0.4, 0.5) is 5.69 Å². The fraction of sp³-hybridized carbons (Fsp3) is 0.0952. The Morgan fingerprint density at radius 2 is 1.64 bits per heavy atom. The highest BCUT2D eigenvalue weighted by Crippen LogP contribution is 2.46. The molecule has 2 heterocycles. The Labute approximate surface area is 145 Å². The van der Waals surface area contributed by atoms with Crippen molar-refractivity contribution in [3.8, 4) is 0 Å². The van der Waals surface area contributed by atoms with Crippen molar-refractivity contribution in [2.75, 3.05) is 7.11 Å². The Kier molecular flexibility index (Phi) is 3.65. The highest BCUT2D eigenvalue weighted by molar-refractivity contribution is 6.25. The van der Waals surface area contributed by atoms with Gasteiger partial charge in [-0.1, -0.05) is 54.6 Å². The average molecular weight is 328 g/mol. The fourth-order valence-electron chi connectivity index (χ4n) is 3.41. The average Bonchev–Trinajstić information content (AvgIpc) is 3.05. The summed E-state index contributed by atoms with van der Waals surface area (Å²) in [6.07, 6.45) is 1.68. The molecule has 0 amide bonds. The number of rotatable bonds is 3. The minimum Gasteiger partial charge on any atom is -0.468 e. The van der Waals surface area contributed by atoms with Crippen LogP contribution in [0.2, 0.25) is 0 Å². The molecule has 0 spiro atoms. The molecule has 0 radical (unpaired) electrons. The molecule has 0 N–H and O–H groups in total. The van der Waals surface area contributed by atoms with Crippen LogP contribution >= 0.6 is 0 Å². The normalized spacial score (nSPS) is 18.4. The van der Waals surface area contributed by atoms with Gasteiger partial charge in [0.15, 0.2) is 5.41 Å². The van der Waals surface area contributed by atoms with Gasteiger partial charge in [-0.2, -0.15) is 0 Å². The van der Waals surface area contributed by atoms with E-state index >= 15 is 0 Å². The van der Waals surface area contributed by atoms with Gasteiger partial charge in [-0.25, -0.2) is 0 Å². The largest absolute Gasteiger partial charge is 0.468 e. The standard InChI is InChI=1S/C21H16N2O2/c1-25-20(24)21(18-13-7-8-14-22-18)16-11-5-6-12-17(16)23-19(21)15-9-3-2-4-10-15/h2-14H,1H3. The maximum Gasteiger partial charge on any atom is 0.328 e. The third kappa shape index (κ3) is 2.18. The number of para-hydroxylation sites is 1. The predicted octanol–water partition coefficient (Wildman–Crippen LogP) is 3.68. The molecule has 4 rings (SSSR count). The number of benzene rings is 2. The maximum atomic E-state index is 13.1. The van der Waals surface area contributed by atoms with E-state index in [4.69, 9.17) is 9.73 Å². The lowest BCUT2D eigenvalue weighted by Gasteiger charge is -2.29. The zero-order chi connectivity index (χ0) is 17.3. The zero-order valence-corrected chi connectivity index (χ0v) is 13.7. The van der Waals surface area contributed by atoms with E-state index in [9.17, 15) is 4.79 Å². The van der Waals surface area contributed by atoms with Crippen LogP contribution in [-0.2, 0) is 14.9 Å². The van der Waals surface area contributed by atoms with Crippen LogP contribution in [0.5, 0.6) is 0 Å². The number of methoxy groups -OCH3 is 1. The Balaban J connectivity index is 2.08. The number of aromatic nitrogens is 1. The Hall–Kier alpha value is -3.27. The molecule has 3 aromatic rings. The smallest absolute Gasteiger partial charge is 0.328 e. The lowest BCUT2D eigenvalue weighted by molar-refractivity contribution is -0.143. The topological polar surface area (TPSA) is 51.5 Å².